The quantitative estimate of drug-likeness (QED) is 0.820. The fourth-order valence-electron chi connectivity index (χ4n) is 1.14. The summed E-state index contributed by atoms with van der Waals surface area (Å²) in [5.74, 6) is -0.816. The molecular formula is C10H10F4O2. The zero-order valence-corrected chi connectivity index (χ0v) is 8.38. The van der Waals surface area contributed by atoms with Gasteiger partial charge in [0.05, 0.1) is 6.10 Å². The lowest BCUT2D eigenvalue weighted by Crippen LogP contribution is -2.20. The van der Waals surface area contributed by atoms with E-state index in [-0.39, 0.29) is 11.3 Å². The van der Waals surface area contributed by atoms with Gasteiger partial charge in [-0.1, -0.05) is 0 Å². The predicted molar refractivity (Wildman–Crippen MR) is 48.6 cm³/mol. The van der Waals surface area contributed by atoms with Crippen molar-refractivity contribution in [2.45, 2.75) is 19.2 Å². The van der Waals surface area contributed by atoms with Crippen molar-refractivity contribution in [3.8, 4) is 5.75 Å². The Labute approximate surface area is 89.5 Å². The number of hydrogen-bond donors (Lipinski definition) is 1. The SMILES string of the molecule is C[C@@H](O)c1cc(F)ccc1OCC(F)(F)F. The van der Waals surface area contributed by atoms with Crippen LogP contribution in [-0.2, 0) is 0 Å². The number of halogens is 4. The molecule has 0 spiro atoms. The number of hydrogen-bond acceptors (Lipinski definition) is 2. The normalized spacial score (nSPS) is 13.6. The summed E-state index contributed by atoms with van der Waals surface area (Å²) in [6.45, 7) is -0.159. The summed E-state index contributed by atoms with van der Waals surface area (Å²) in [6.07, 6.45) is -5.57. The average Bonchev–Trinajstić information content (AvgIpc) is 2.14. The van der Waals surface area contributed by atoms with Crippen LogP contribution in [0.25, 0.3) is 0 Å². The Morgan fingerprint density at radius 3 is 2.50 bits per heavy atom. The van der Waals surface area contributed by atoms with Gasteiger partial charge in [0.2, 0.25) is 0 Å². The highest BCUT2D eigenvalue weighted by molar-refractivity contribution is 5.35. The summed E-state index contributed by atoms with van der Waals surface area (Å²) < 4.78 is 52.9. The molecule has 6 heteroatoms. The number of alkyl halides is 3. The Hall–Kier alpha value is -1.30. The van der Waals surface area contributed by atoms with Gasteiger partial charge in [-0.3, -0.25) is 0 Å². The Bertz CT molecular complexity index is 360. The van der Waals surface area contributed by atoms with Crippen LogP contribution in [0.1, 0.15) is 18.6 Å². The Morgan fingerprint density at radius 2 is 2.00 bits per heavy atom. The van der Waals surface area contributed by atoms with E-state index in [2.05, 4.69) is 4.74 Å². The van der Waals surface area contributed by atoms with Gasteiger partial charge in [0.25, 0.3) is 0 Å². The first-order valence-corrected chi connectivity index (χ1v) is 4.46. The number of aliphatic hydroxyl groups excluding tert-OH is 1. The van der Waals surface area contributed by atoms with Gasteiger partial charge in [0, 0.05) is 5.56 Å². The van der Waals surface area contributed by atoms with Gasteiger partial charge < -0.3 is 9.84 Å². The molecule has 0 heterocycles. The number of aliphatic hydroxyl groups is 1. The van der Waals surface area contributed by atoms with Crippen LogP contribution in [0.2, 0.25) is 0 Å². The second kappa shape index (κ2) is 4.69. The molecular weight excluding hydrogens is 228 g/mol. The third-order valence-corrected chi connectivity index (χ3v) is 1.81. The largest absolute Gasteiger partial charge is 0.484 e. The highest BCUT2D eigenvalue weighted by Gasteiger charge is 2.29. The summed E-state index contributed by atoms with van der Waals surface area (Å²) >= 11 is 0. The smallest absolute Gasteiger partial charge is 0.422 e. The lowest BCUT2D eigenvalue weighted by molar-refractivity contribution is -0.153. The minimum atomic E-state index is -4.47. The summed E-state index contributed by atoms with van der Waals surface area (Å²) in [5, 5.41) is 9.23. The number of rotatable bonds is 3. The van der Waals surface area contributed by atoms with E-state index in [1.165, 1.54) is 6.92 Å². The van der Waals surface area contributed by atoms with Gasteiger partial charge in [0.15, 0.2) is 6.61 Å². The van der Waals surface area contributed by atoms with E-state index in [9.17, 15) is 22.7 Å². The molecule has 0 radical (unpaired) electrons. The first-order valence-electron chi connectivity index (χ1n) is 4.46. The maximum absolute atomic E-state index is 12.8. The van der Waals surface area contributed by atoms with E-state index in [1.807, 2.05) is 0 Å². The minimum absolute atomic E-state index is 0.00995. The molecule has 0 amide bonds. The van der Waals surface area contributed by atoms with Crippen molar-refractivity contribution in [1.29, 1.82) is 0 Å². The molecule has 1 aromatic rings. The molecule has 0 bridgehead atoms. The molecule has 1 rings (SSSR count). The maximum atomic E-state index is 12.8. The molecule has 1 N–H and O–H groups in total. The van der Waals surface area contributed by atoms with Gasteiger partial charge in [-0.25, -0.2) is 4.39 Å². The van der Waals surface area contributed by atoms with Crippen molar-refractivity contribution < 1.29 is 27.4 Å². The zero-order valence-electron chi connectivity index (χ0n) is 8.38. The lowest BCUT2D eigenvalue weighted by atomic mass is 10.1. The molecule has 1 aromatic carbocycles. The van der Waals surface area contributed by atoms with Gasteiger partial charge in [-0.05, 0) is 25.1 Å². The van der Waals surface area contributed by atoms with Crippen LogP contribution in [-0.4, -0.2) is 17.9 Å². The maximum Gasteiger partial charge on any atom is 0.422 e. The molecule has 0 aliphatic carbocycles. The summed E-state index contributed by atoms with van der Waals surface area (Å²) in [4.78, 5) is 0. The first kappa shape index (κ1) is 12.8. The number of ether oxygens (including phenoxy) is 1. The van der Waals surface area contributed by atoms with Crippen molar-refractivity contribution in [3.63, 3.8) is 0 Å². The first-order chi connectivity index (χ1) is 7.29. The predicted octanol–water partition coefficient (Wildman–Crippen LogP) is 2.82. The fourth-order valence-corrected chi connectivity index (χ4v) is 1.14. The molecule has 0 aliphatic rings. The molecule has 2 nitrogen and oxygen atoms in total. The molecule has 0 aromatic heterocycles. The van der Waals surface area contributed by atoms with Crippen molar-refractivity contribution in [1.82, 2.24) is 0 Å². The zero-order chi connectivity index (χ0) is 12.3. The Morgan fingerprint density at radius 1 is 1.38 bits per heavy atom. The molecule has 0 saturated carbocycles. The monoisotopic (exact) mass is 238 g/mol. The third-order valence-electron chi connectivity index (χ3n) is 1.81. The minimum Gasteiger partial charge on any atom is -0.484 e. The summed E-state index contributed by atoms with van der Waals surface area (Å²) in [5.41, 5.74) is -0.00995. The van der Waals surface area contributed by atoms with E-state index in [0.717, 1.165) is 18.2 Å². The van der Waals surface area contributed by atoms with E-state index >= 15 is 0 Å². The van der Waals surface area contributed by atoms with E-state index in [0.29, 0.717) is 0 Å². The molecule has 0 unspecified atom stereocenters. The second-order valence-corrected chi connectivity index (χ2v) is 3.26. The lowest BCUT2D eigenvalue weighted by Gasteiger charge is -2.14. The van der Waals surface area contributed by atoms with E-state index in [1.54, 1.807) is 0 Å². The fraction of sp³-hybridized carbons (Fsp3) is 0.400. The standard InChI is InChI=1S/C10H10F4O2/c1-6(15)8-4-7(11)2-3-9(8)16-5-10(12,13)14/h2-4,6,15H,5H2,1H3/t6-/m1/s1. The highest BCUT2D eigenvalue weighted by Crippen LogP contribution is 2.27. The summed E-state index contributed by atoms with van der Waals surface area (Å²) in [7, 11) is 0. The van der Waals surface area contributed by atoms with Gasteiger partial charge in [0.1, 0.15) is 11.6 Å². The van der Waals surface area contributed by atoms with Crippen molar-refractivity contribution in [3.05, 3.63) is 29.6 Å². The van der Waals surface area contributed by atoms with Crippen LogP contribution >= 0.6 is 0 Å². The van der Waals surface area contributed by atoms with E-state index < -0.39 is 24.7 Å². The molecule has 16 heavy (non-hydrogen) atoms. The van der Waals surface area contributed by atoms with Gasteiger partial charge in [-0.15, -0.1) is 0 Å². The topological polar surface area (TPSA) is 29.5 Å². The second-order valence-electron chi connectivity index (χ2n) is 3.26. The third kappa shape index (κ3) is 3.69. The molecule has 0 aliphatic heterocycles. The van der Waals surface area contributed by atoms with Crippen molar-refractivity contribution >= 4 is 0 Å². The van der Waals surface area contributed by atoms with Crippen molar-refractivity contribution in [2.75, 3.05) is 6.61 Å². The van der Waals surface area contributed by atoms with Crippen LogP contribution in [0, 0.1) is 5.82 Å². The van der Waals surface area contributed by atoms with Crippen LogP contribution in [0.15, 0.2) is 18.2 Å². The Balaban J connectivity index is 2.87. The molecule has 0 saturated heterocycles. The molecule has 1 atom stereocenters. The average molecular weight is 238 g/mol. The van der Waals surface area contributed by atoms with Gasteiger partial charge >= 0.3 is 6.18 Å². The Kier molecular flexibility index (Phi) is 3.74. The van der Waals surface area contributed by atoms with Crippen molar-refractivity contribution in [2.24, 2.45) is 0 Å². The van der Waals surface area contributed by atoms with Crippen LogP contribution in [0.5, 0.6) is 5.75 Å². The van der Waals surface area contributed by atoms with Gasteiger partial charge in [-0.2, -0.15) is 13.2 Å². The number of benzene rings is 1. The van der Waals surface area contributed by atoms with E-state index in [4.69, 9.17) is 0 Å². The highest BCUT2D eigenvalue weighted by atomic mass is 19.4. The molecule has 90 valence electrons. The van der Waals surface area contributed by atoms with Crippen LogP contribution in [0.4, 0.5) is 17.6 Å². The molecule has 0 fully saturated rings. The van der Waals surface area contributed by atoms with Crippen LogP contribution in [0.3, 0.4) is 0 Å². The van der Waals surface area contributed by atoms with Crippen LogP contribution < -0.4 is 4.74 Å². The summed E-state index contributed by atoms with van der Waals surface area (Å²) in [6, 6.07) is 2.97.